The molecule has 0 aliphatic rings. The van der Waals surface area contributed by atoms with Gasteiger partial charge in [-0.1, -0.05) is 90.4 Å². The van der Waals surface area contributed by atoms with Gasteiger partial charge in [-0.3, -0.25) is 29.6 Å². The van der Waals surface area contributed by atoms with Crippen LogP contribution in [0.15, 0.2) is 125 Å². The molecule has 8 aromatic carbocycles. The van der Waals surface area contributed by atoms with E-state index in [0.29, 0.717) is 106 Å². The molecule has 1 unspecified atom stereocenters. The van der Waals surface area contributed by atoms with E-state index in [9.17, 15) is 43.2 Å². The summed E-state index contributed by atoms with van der Waals surface area (Å²) in [4.78, 5) is 80.0. The van der Waals surface area contributed by atoms with Gasteiger partial charge in [-0.25, -0.2) is 19.2 Å². The van der Waals surface area contributed by atoms with Crippen LogP contribution in [0.25, 0.3) is 6.08 Å². The van der Waals surface area contributed by atoms with Crippen LogP contribution in [-0.2, 0) is 98.5 Å². The predicted octanol–water partition coefficient (Wildman–Crippen LogP) is 21.4. The fraction of sp³-hybridized carbons (Fsp3) is 0.396. The average molecular weight is 2400 g/mol. The van der Waals surface area contributed by atoms with E-state index in [1.165, 1.54) is 27.4 Å². The molecule has 0 aliphatic heterocycles. The molecule has 0 heterocycles. The Morgan fingerprint density at radius 3 is 1.21 bits per heavy atom. The van der Waals surface area contributed by atoms with Gasteiger partial charge in [-0.15, -0.1) is 0 Å². The molecule has 0 bridgehead atoms. The molecule has 0 fully saturated rings. The number of alkyl carbamates (subject to hydrolysis) is 2. The van der Waals surface area contributed by atoms with E-state index in [1.54, 1.807) is 131 Å². The first-order valence-corrected chi connectivity index (χ1v) is 45.9. The van der Waals surface area contributed by atoms with Gasteiger partial charge in [-0.05, 0) is 262 Å². The van der Waals surface area contributed by atoms with Crippen LogP contribution in [0.2, 0.25) is 0 Å². The molecule has 0 saturated heterocycles. The van der Waals surface area contributed by atoms with Gasteiger partial charge >= 0.3 is 31.7 Å². The Morgan fingerprint density at radius 1 is 0.459 bits per heavy atom. The van der Waals surface area contributed by atoms with Gasteiger partial charge in [-0.2, -0.15) is 0 Å². The number of hydrogen-bond donors (Lipinski definition) is 3. The molecule has 0 spiro atoms. The van der Waals surface area contributed by atoms with Crippen molar-refractivity contribution in [3.05, 3.63) is 216 Å². The maximum atomic E-state index is 12.3. The van der Waals surface area contributed by atoms with Crippen molar-refractivity contribution in [2.24, 2.45) is 0 Å². The molecule has 3 N–H and O–H groups in total. The van der Waals surface area contributed by atoms with E-state index in [2.05, 4.69) is 85.5 Å². The molecule has 39 heteroatoms. The Balaban J connectivity index is -0.00000154. The molecule has 0 aliphatic carbocycles. The number of hydrogen-bond acceptors (Lipinski definition) is 31. The van der Waals surface area contributed by atoms with Crippen LogP contribution in [-0.4, -0.2) is 192 Å². The molecule has 753 valence electrons. The molecule has 1 atom stereocenters. The van der Waals surface area contributed by atoms with Crippen LogP contribution in [0.4, 0.5) is 9.59 Å². The summed E-state index contributed by atoms with van der Waals surface area (Å²) >= 11 is 9.54. The number of ether oxygens (including phenoxy) is 20. The van der Waals surface area contributed by atoms with Crippen LogP contribution in [0.1, 0.15) is 150 Å². The van der Waals surface area contributed by atoms with Crippen molar-refractivity contribution in [1.82, 2.24) is 10.6 Å². The summed E-state index contributed by atoms with van der Waals surface area (Å²) in [6.45, 7) is 26.7. The fourth-order valence-corrected chi connectivity index (χ4v) is 15.0. The minimum Gasteiger partial charge on any atom is -0.504 e. The van der Waals surface area contributed by atoms with Crippen molar-refractivity contribution < 1.29 is 168 Å². The zero-order chi connectivity index (χ0) is 101. The third-order valence-electron chi connectivity index (χ3n) is 16.9. The van der Waals surface area contributed by atoms with Crippen LogP contribution in [0.5, 0.6) is 69.0 Å². The summed E-state index contributed by atoms with van der Waals surface area (Å²) < 4.78 is 129. The van der Waals surface area contributed by atoms with E-state index in [1.807, 2.05) is 168 Å². The van der Waals surface area contributed by atoms with Crippen LogP contribution in [0.3, 0.4) is 0 Å². The first-order valence-electron chi connectivity index (χ1n) is 40.2. The first kappa shape index (κ1) is 128. The Kier molecular flexibility index (Phi) is 63.6. The first-order chi connectivity index (χ1) is 63.0. The standard InChI is InChI=1S/C24H28INO6.C16H15IO3.C13H20O5.C11H14O4.C10H13BrO3.C10H20NO7P.C9H9IO3.C2H6.CH3.Rh.H2/c1-15-12-17(13-18(22(27)30-6)26-23(28)32-24(2,3)4)19(25)21(20(15)29-5)31-14-16-10-8-7-9-11-16;1-11-8-13(9-18)14(17)16(15(11)19-2)20-10-12-6-4-3-5-7-12;1-9-6-10(13(16-4)17-5)7-11(12(9)15-3)18-8-14-2;1-8-4-9(6-12)5-10(11(8)14-3)15-7-13-2;1-7-4-8(11)5-9(10(7)13-3)14-6-12-2;1-10(2,3)18-9(13)11-7(8(12)15-4)19(14,16-5)17-6;1-5-3-6(4-11)7(10)8(12)9(5)13-2;1-2;;;/h7-13H,14H2,1-6H3,(H,26,28);3-9H,10H2,1-2H3;6-7,13H,8H2,1-5H3;4-6H,7H2,1-3H3;4-5H,6H2,1-3H3;7H,1-6H3,(H,11,13);3-4,12H,1-2H3;1-2H3;1H3;;1H/q;;;;;;;;-1;;/b18-13-;;;;;;;;;;. The summed E-state index contributed by atoms with van der Waals surface area (Å²) in [7, 11) is 17.9. The Labute approximate surface area is 857 Å². The molecular formula is C96H130BrI3N2O31PRh-. The van der Waals surface area contributed by atoms with Gasteiger partial charge in [0.2, 0.25) is 5.78 Å². The number of carbonyl (C=O) groups excluding carboxylic acids is 7. The largest absolute Gasteiger partial charge is 0.504 e. The number of methoxy groups -OCH3 is 13. The normalized spacial score (nSPS) is 10.7. The summed E-state index contributed by atoms with van der Waals surface area (Å²) in [5.74, 6) is 3.50. The summed E-state index contributed by atoms with van der Waals surface area (Å²) in [6, 6.07) is 35.9. The number of amides is 2. The maximum Gasteiger partial charge on any atom is 0.412 e. The maximum absolute atomic E-state index is 12.3. The average Bonchev–Trinajstić information content (AvgIpc) is 0.663. The molecule has 8 rings (SSSR count). The SMILES string of the molecule is CC.COC(=O)/C(=C/c1cc(C)c(OC)c(OCc2ccccc2)c1I)NC(=O)OC(C)(C)C.COC(=O)C(NC(=O)OC(C)(C)C)P(=O)(OC)OC.COCOc1cc(Br)cc(C)c1OC.COCOc1cc(C(OC)OC)cc(C)c1OC.COCOc1cc(C=O)cc(C)c1OC.COc1c(C)cc(C=O)c(I)c1O.COc1c(C)cc(C=O)c(I)c1OCc1ccccc1.[CH3-].[HH].[Rh]. The van der Waals surface area contributed by atoms with E-state index in [4.69, 9.17) is 90.0 Å². The zero-order valence-corrected chi connectivity index (χ0v) is 92.5. The minimum absolute atomic E-state index is 0. The number of phenols is 1. The molecule has 135 heavy (non-hydrogen) atoms. The summed E-state index contributed by atoms with van der Waals surface area (Å²) in [5, 5.41) is 14.2. The van der Waals surface area contributed by atoms with Gasteiger partial charge < -0.3 is 116 Å². The van der Waals surface area contributed by atoms with Crippen LogP contribution >= 0.6 is 91.3 Å². The van der Waals surface area contributed by atoms with E-state index < -0.39 is 55.0 Å². The van der Waals surface area contributed by atoms with Crippen molar-refractivity contribution >= 4 is 140 Å². The number of benzene rings is 8. The molecule has 0 aromatic heterocycles. The van der Waals surface area contributed by atoms with Crippen molar-refractivity contribution in [1.29, 1.82) is 0 Å². The van der Waals surface area contributed by atoms with Crippen molar-refractivity contribution in [3.8, 4) is 69.0 Å². The molecule has 33 nitrogen and oxygen atoms in total. The van der Waals surface area contributed by atoms with E-state index in [-0.39, 0.29) is 60.2 Å². The van der Waals surface area contributed by atoms with Crippen molar-refractivity contribution in [2.75, 3.05) is 127 Å². The molecule has 0 saturated carbocycles. The van der Waals surface area contributed by atoms with Gasteiger partial charge in [0.05, 0.1) is 67.6 Å². The molecule has 1 radical (unpaired) electrons. The van der Waals surface area contributed by atoms with Crippen LogP contribution in [0, 0.1) is 59.7 Å². The smallest absolute Gasteiger partial charge is 0.412 e. The second-order valence-corrected chi connectivity index (χ2v) is 35.4. The van der Waals surface area contributed by atoms with Crippen LogP contribution < -0.4 is 62.7 Å². The molecule has 8 aromatic rings. The summed E-state index contributed by atoms with van der Waals surface area (Å²) in [5.41, 5.74) is 8.98. The Bertz CT molecular complexity index is 5080. The predicted molar refractivity (Wildman–Crippen MR) is 542 cm³/mol. The van der Waals surface area contributed by atoms with Crippen molar-refractivity contribution in [2.45, 2.75) is 133 Å². The van der Waals surface area contributed by atoms with Gasteiger partial charge in [0, 0.05) is 97.4 Å². The third-order valence-corrected chi connectivity index (χ3v) is 22.7. The second-order valence-electron chi connectivity index (χ2n) is 28.9. The minimum atomic E-state index is -3.87. The number of phenolic OH excluding ortho intramolecular Hbond substituents is 1. The number of aromatic hydroxyl groups is 1. The third kappa shape index (κ3) is 43.2. The zero-order valence-electron chi connectivity index (χ0n) is 82.0. The number of rotatable bonds is 35. The second kappa shape index (κ2) is 67.2. The monoisotopic (exact) mass is 2400 g/mol. The van der Waals surface area contributed by atoms with Gasteiger partial charge in [0.1, 0.15) is 36.4 Å². The van der Waals surface area contributed by atoms with Crippen molar-refractivity contribution in [3.63, 3.8) is 0 Å². The van der Waals surface area contributed by atoms with E-state index in [0.717, 1.165) is 97.8 Å². The topological polar surface area (TPSA) is 384 Å². The number of aldehydes is 3. The fourth-order valence-electron chi connectivity index (χ4n) is 11.3. The number of carbonyl (C=O) groups is 7. The van der Waals surface area contributed by atoms with Gasteiger partial charge in [0.25, 0.3) is 0 Å². The Hall–Kier alpha value is -9.17. The van der Waals surface area contributed by atoms with Gasteiger partial charge in [0.15, 0.2) is 108 Å². The number of nitrogens with one attached hydrogen (secondary N) is 2. The number of halogens is 4. The summed E-state index contributed by atoms with van der Waals surface area (Å²) in [6.07, 6.45) is 1.73. The van der Waals surface area contributed by atoms with E-state index >= 15 is 0 Å². The molecule has 2 amide bonds. The number of aryl methyl sites for hydroxylation is 6. The number of esters is 2. The molecular weight excluding hydrogens is 2270 g/mol. The Morgan fingerprint density at radius 2 is 0.830 bits per heavy atom. The quantitative estimate of drug-likeness (QED) is 0.00382.